The van der Waals surface area contributed by atoms with Crippen LogP contribution in [0, 0.1) is 0 Å². The summed E-state index contributed by atoms with van der Waals surface area (Å²) < 4.78 is 20.6. The molecule has 218 valence electrons. The molecule has 0 unspecified atom stereocenters. The Balaban J connectivity index is 1.61. The fourth-order valence-electron chi connectivity index (χ4n) is 4.37. The van der Waals surface area contributed by atoms with Crippen molar-refractivity contribution >= 4 is 17.8 Å². The average Bonchev–Trinajstić information content (AvgIpc) is 2.97. The Morgan fingerprint density at radius 1 is 0.850 bits per heavy atom. The molecule has 2 atom stereocenters. The van der Waals surface area contributed by atoms with Gasteiger partial charge in [0.15, 0.2) is 6.04 Å². The normalized spacial score (nSPS) is 15.2. The lowest BCUT2D eigenvalue weighted by Crippen LogP contribution is -2.53. The molecule has 0 spiro atoms. The third-order valence-electron chi connectivity index (χ3n) is 6.58. The highest BCUT2D eigenvalue weighted by molar-refractivity contribution is 5.91. The molecule has 10 heteroatoms. The third-order valence-corrected chi connectivity index (χ3v) is 6.58. The number of esters is 1. The summed E-state index contributed by atoms with van der Waals surface area (Å²) in [7, 11) is 2.94. The number of ether oxygens (including phenoxy) is 4. The topological polar surface area (TPSA) is 115 Å². The maximum absolute atomic E-state index is 13.3. The van der Waals surface area contributed by atoms with E-state index in [4.69, 9.17) is 18.9 Å². The number of amides is 2. The number of nitrogens with zero attached hydrogens (tertiary/aromatic N) is 1. The number of aryl methyl sites for hydroxylation is 1. The first-order valence-corrected chi connectivity index (χ1v) is 13.6. The molecule has 2 amide bonds. The van der Waals surface area contributed by atoms with Crippen molar-refractivity contribution in [2.45, 2.75) is 37.9 Å². The van der Waals surface area contributed by atoms with E-state index in [2.05, 4.69) is 15.5 Å². The number of carbonyl (C=O) groups excluding carboxylic acids is 3. The second kappa shape index (κ2) is 17.4. The Morgan fingerprint density at radius 2 is 1.55 bits per heavy atom. The lowest BCUT2D eigenvalue weighted by molar-refractivity contribution is -0.150. The van der Waals surface area contributed by atoms with Gasteiger partial charge in [-0.15, -0.1) is 0 Å². The maximum Gasteiger partial charge on any atom is 0.331 e. The van der Waals surface area contributed by atoms with Crippen molar-refractivity contribution in [3.05, 3.63) is 71.3 Å². The van der Waals surface area contributed by atoms with Gasteiger partial charge in [-0.1, -0.05) is 54.6 Å². The molecule has 10 nitrogen and oxygen atoms in total. The van der Waals surface area contributed by atoms with Gasteiger partial charge < -0.3 is 29.6 Å². The van der Waals surface area contributed by atoms with Gasteiger partial charge in [0.25, 0.3) is 0 Å². The Hall–Kier alpha value is -3.31. The van der Waals surface area contributed by atoms with Gasteiger partial charge in [0, 0.05) is 33.9 Å². The zero-order chi connectivity index (χ0) is 28.6. The molecule has 1 saturated heterocycles. The Kier molecular flexibility index (Phi) is 13.6. The van der Waals surface area contributed by atoms with Crippen LogP contribution in [0.3, 0.4) is 0 Å². The summed E-state index contributed by atoms with van der Waals surface area (Å²) >= 11 is 0. The SMILES string of the molecule is COCCOC(=O)[C@H](COC)NC(=O)[C@H](CCc1ccccc1)NC(=O)Cc1ccc(CN2CCOCC2)cc1. The van der Waals surface area contributed by atoms with E-state index < -0.39 is 24.0 Å². The summed E-state index contributed by atoms with van der Waals surface area (Å²) in [4.78, 5) is 41.1. The van der Waals surface area contributed by atoms with E-state index in [1.54, 1.807) is 0 Å². The predicted octanol–water partition coefficient (Wildman–Crippen LogP) is 1.50. The molecule has 2 N–H and O–H groups in total. The minimum absolute atomic E-state index is 0.0603. The van der Waals surface area contributed by atoms with Crippen molar-refractivity contribution in [3.8, 4) is 0 Å². The molecule has 2 aromatic carbocycles. The highest BCUT2D eigenvalue weighted by atomic mass is 16.6. The van der Waals surface area contributed by atoms with Crippen molar-refractivity contribution in [3.63, 3.8) is 0 Å². The van der Waals surface area contributed by atoms with Crippen LogP contribution in [0.4, 0.5) is 0 Å². The van der Waals surface area contributed by atoms with Gasteiger partial charge in [0.05, 0.1) is 32.8 Å². The molecular weight excluding hydrogens is 514 g/mol. The van der Waals surface area contributed by atoms with E-state index >= 15 is 0 Å². The first kappa shape index (κ1) is 31.2. The molecule has 40 heavy (non-hydrogen) atoms. The number of hydrogen-bond donors (Lipinski definition) is 2. The van der Waals surface area contributed by atoms with Crippen LogP contribution in [0.15, 0.2) is 54.6 Å². The van der Waals surface area contributed by atoms with Gasteiger partial charge in [-0.2, -0.15) is 0 Å². The Labute approximate surface area is 236 Å². The maximum atomic E-state index is 13.3. The minimum Gasteiger partial charge on any atom is -0.462 e. The lowest BCUT2D eigenvalue weighted by atomic mass is 10.0. The molecule has 2 aromatic rings. The quantitative estimate of drug-likeness (QED) is 0.237. The van der Waals surface area contributed by atoms with Gasteiger partial charge in [-0.05, 0) is 29.5 Å². The van der Waals surface area contributed by atoms with Crippen LogP contribution >= 0.6 is 0 Å². The average molecular weight is 556 g/mol. The standard InChI is InChI=1S/C30H41N3O7/c1-37-18-19-40-30(36)27(22-38-2)32-29(35)26(13-12-23-6-4-3-5-7-23)31-28(34)20-24-8-10-25(11-9-24)21-33-14-16-39-17-15-33/h3-11,26-27H,12-22H2,1-2H3,(H,31,34)(H,32,35)/t26-,27-/m0/s1. The van der Waals surface area contributed by atoms with Crippen LogP contribution in [-0.2, 0) is 52.7 Å². The Morgan fingerprint density at radius 3 is 2.23 bits per heavy atom. The highest BCUT2D eigenvalue weighted by Crippen LogP contribution is 2.11. The van der Waals surface area contributed by atoms with Crippen LogP contribution in [-0.4, -0.2) is 95.1 Å². The van der Waals surface area contributed by atoms with Crippen LogP contribution in [0.25, 0.3) is 0 Å². The second-order valence-corrected chi connectivity index (χ2v) is 9.70. The summed E-state index contributed by atoms with van der Waals surface area (Å²) in [5.74, 6) is -1.38. The van der Waals surface area contributed by atoms with Gasteiger partial charge in [0.2, 0.25) is 11.8 Å². The van der Waals surface area contributed by atoms with Crippen LogP contribution in [0.2, 0.25) is 0 Å². The fourth-order valence-corrected chi connectivity index (χ4v) is 4.37. The van der Waals surface area contributed by atoms with Crippen molar-refractivity contribution in [1.82, 2.24) is 15.5 Å². The zero-order valence-corrected chi connectivity index (χ0v) is 23.4. The van der Waals surface area contributed by atoms with E-state index in [1.165, 1.54) is 19.8 Å². The van der Waals surface area contributed by atoms with Crippen molar-refractivity contribution in [2.24, 2.45) is 0 Å². The molecule has 0 aromatic heterocycles. The van der Waals surface area contributed by atoms with E-state index in [9.17, 15) is 14.4 Å². The van der Waals surface area contributed by atoms with Gasteiger partial charge in [-0.3, -0.25) is 14.5 Å². The van der Waals surface area contributed by atoms with Crippen LogP contribution in [0.1, 0.15) is 23.1 Å². The molecule has 1 fully saturated rings. The molecule has 0 radical (unpaired) electrons. The molecule has 0 aliphatic carbocycles. The van der Waals surface area contributed by atoms with E-state index in [1.807, 2.05) is 54.6 Å². The predicted molar refractivity (Wildman–Crippen MR) is 150 cm³/mol. The first-order chi connectivity index (χ1) is 19.5. The van der Waals surface area contributed by atoms with Crippen LogP contribution < -0.4 is 10.6 Å². The second-order valence-electron chi connectivity index (χ2n) is 9.70. The summed E-state index contributed by atoms with van der Waals surface area (Å²) in [6.07, 6.45) is 1.06. The molecule has 0 saturated carbocycles. The smallest absolute Gasteiger partial charge is 0.331 e. The molecule has 0 bridgehead atoms. The van der Waals surface area contributed by atoms with Crippen LogP contribution in [0.5, 0.6) is 0 Å². The molecular formula is C30H41N3O7. The Bertz CT molecular complexity index is 1040. The fraction of sp³-hybridized carbons (Fsp3) is 0.500. The first-order valence-electron chi connectivity index (χ1n) is 13.6. The van der Waals surface area contributed by atoms with Crippen molar-refractivity contribution < 1.29 is 33.3 Å². The largest absolute Gasteiger partial charge is 0.462 e. The van der Waals surface area contributed by atoms with E-state index in [-0.39, 0.29) is 32.1 Å². The van der Waals surface area contributed by atoms with Gasteiger partial charge in [-0.25, -0.2) is 4.79 Å². The number of benzene rings is 2. The monoisotopic (exact) mass is 555 g/mol. The van der Waals surface area contributed by atoms with Gasteiger partial charge in [0.1, 0.15) is 12.6 Å². The number of hydrogen-bond acceptors (Lipinski definition) is 8. The van der Waals surface area contributed by atoms with Crippen molar-refractivity contribution in [1.29, 1.82) is 0 Å². The summed E-state index contributed by atoms with van der Waals surface area (Å²) in [5, 5.41) is 5.56. The lowest BCUT2D eigenvalue weighted by Gasteiger charge is -2.26. The number of methoxy groups -OCH3 is 2. The molecule has 1 heterocycles. The number of rotatable bonds is 16. The van der Waals surface area contributed by atoms with E-state index in [0.717, 1.165) is 44.0 Å². The van der Waals surface area contributed by atoms with E-state index in [0.29, 0.717) is 12.8 Å². The summed E-state index contributed by atoms with van der Waals surface area (Å²) in [6, 6.07) is 15.8. The number of carbonyl (C=O) groups is 3. The third kappa shape index (κ3) is 11.1. The number of morpholine rings is 1. The summed E-state index contributed by atoms with van der Waals surface area (Å²) in [6.45, 7) is 4.40. The zero-order valence-electron chi connectivity index (χ0n) is 23.4. The molecule has 1 aliphatic heterocycles. The van der Waals surface area contributed by atoms with Crippen molar-refractivity contribution in [2.75, 3.05) is 60.3 Å². The minimum atomic E-state index is -1.01. The summed E-state index contributed by atoms with van der Waals surface area (Å²) in [5.41, 5.74) is 3.06. The number of nitrogens with one attached hydrogen (secondary N) is 2. The molecule has 1 aliphatic rings. The molecule has 3 rings (SSSR count). The highest BCUT2D eigenvalue weighted by Gasteiger charge is 2.28. The van der Waals surface area contributed by atoms with Gasteiger partial charge >= 0.3 is 5.97 Å².